The van der Waals surface area contributed by atoms with Gasteiger partial charge in [0.25, 0.3) is 0 Å². The molecule has 1 saturated carbocycles. The van der Waals surface area contributed by atoms with Gasteiger partial charge in [0.15, 0.2) is 0 Å². The van der Waals surface area contributed by atoms with Crippen molar-refractivity contribution in [3.63, 3.8) is 0 Å². The number of methoxy groups -OCH3 is 1. The van der Waals surface area contributed by atoms with Gasteiger partial charge in [-0.3, -0.25) is 0 Å². The van der Waals surface area contributed by atoms with Crippen molar-refractivity contribution in [3.8, 4) is 5.75 Å². The first-order valence-electron chi connectivity index (χ1n) is 8.72. The van der Waals surface area contributed by atoms with Crippen molar-refractivity contribution in [3.05, 3.63) is 29.3 Å². The zero-order valence-corrected chi connectivity index (χ0v) is 16.5. The van der Waals surface area contributed by atoms with E-state index in [4.69, 9.17) is 4.74 Å². The number of ketones is 1. The quantitative estimate of drug-likeness (QED) is 0.714. The number of Topliss-reactive ketones (excluding diaryl/α,β-unsaturated/α-hetero) is 1. The van der Waals surface area contributed by atoms with E-state index in [0.29, 0.717) is 4.47 Å². The number of rotatable bonds is 2. The molecule has 4 nitrogen and oxygen atoms in total. The minimum absolute atomic E-state index is 0.0582. The molecule has 0 radical (unpaired) electrons. The fraction of sp³-hybridized carbons (Fsp3) is 0.632. The second-order valence-corrected chi connectivity index (χ2v) is 12.0. The summed E-state index contributed by atoms with van der Waals surface area (Å²) in [6.45, 7) is 1.57. The summed E-state index contributed by atoms with van der Waals surface area (Å²) in [5.41, 5.74) is 1.46. The molecule has 130 valence electrons. The van der Waals surface area contributed by atoms with E-state index in [1.54, 1.807) is 14.0 Å². The molecule has 24 heavy (non-hydrogen) atoms. The normalized spacial score (nSPS) is 38.1. The summed E-state index contributed by atoms with van der Waals surface area (Å²) in [6, 6.07) is 6.13. The number of hydrogen-bond acceptors (Lipinski definition) is 4. The molecule has 1 aliphatic heterocycles. The molecule has 1 aromatic rings. The van der Waals surface area contributed by atoms with Gasteiger partial charge in [0.1, 0.15) is 0 Å². The SMILES string of the molecule is COc1ccc2c(c1)[C@H]1[C@H](CC2)[C@H]2CC[C@H](C(C)=O)[C@]2(O)C[Te]1=O. The number of aryl methyl sites for hydroxylation is 1. The standard InChI is InChI=1S/C19H24O4Te/c1-11(20)16-7-8-17-14-6-4-12-3-5-13(23-2)9-15(12)18(14)24(22)10-19(16,17)21/h3,5,9,14,16-18,21H,4,6-8,10H2,1-2H3/t14-,16-,17-,18-,19-/m1/s1. The number of benzene rings is 1. The van der Waals surface area contributed by atoms with Crippen LogP contribution in [0.5, 0.6) is 5.75 Å². The number of hydrogen-bond donors (Lipinski definition) is 1. The van der Waals surface area contributed by atoms with Gasteiger partial charge in [-0.15, -0.1) is 0 Å². The van der Waals surface area contributed by atoms with Crippen LogP contribution in [-0.4, -0.2) is 43.1 Å². The molecular weight excluding hydrogens is 420 g/mol. The number of aliphatic hydroxyl groups is 1. The Bertz CT molecular complexity index is 715. The first-order valence-corrected chi connectivity index (χ1v) is 12.7. The fourth-order valence-electron chi connectivity index (χ4n) is 5.42. The van der Waals surface area contributed by atoms with Crippen LogP contribution in [0.25, 0.3) is 0 Å². The zero-order valence-electron chi connectivity index (χ0n) is 14.2. The summed E-state index contributed by atoms with van der Waals surface area (Å²) in [5.74, 6) is 0.925. The Balaban J connectivity index is 1.75. The second-order valence-electron chi connectivity index (χ2n) is 7.55. The van der Waals surface area contributed by atoms with Crippen molar-refractivity contribution in [1.29, 1.82) is 0 Å². The van der Waals surface area contributed by atoms with Gasteiger partial charge in [-0.1, -0.05) is 0 Å². The molecule has 2 fully saturated rings. The summed E-state index contributed by atoms with van der Waals surface area (Å²) < 4.78 is 19.1. The Kier molecular flexibility index (Phi) is 4.10. The van der Waals surface area contributed by atoms with Crippen molar-refractivity contribution in [2.75, 3.05) is 7.11 Å². The predicted molar refractivity (Wildman–Crippen MR) is 90.6 cm³/mol. The van der Waals surface area contributed by atoms with Gasteiger partial charge in [0.05, 0.1) is 0 Å². The molecule has 5 heteroatoms. The van der Waals surface area contributed by atoms with Crippen LogP contribution in [-0.2, 0) is 14.3 Å². The van der Waals surface area contributed by atoms with Gasteiger partial charge in [-0.05, 0) is 0 Å². The van der Waals surface area contributed by atoms with Crippen molar-refractivity contribution in [2.45, 2.75) is 46.6 Å². The molecule has 3 aliphatic rings. The summed E-state index contributed by atoms with van der Waals surface area (Å²) in [5, 5.41) is 11.3. The second kappa shape index (κ2) is 5.90. The molecular formula is C19H24O4Te. The molecule has 4 rings (SSSR count). The Labute approximate surface area is 149 Å². The van der Waals surface area contributed by atoms with Crippen LogP contribution < -0.4 is 4.74 Å². The minimum atomic E-state index is -2.78. The van der Waals surface area contributed by atoms with Crippen molar-refractivity contribution in [1.82, 2.24) is 0 Å². The van der Waals surface area contributed by atoms with Gasteiger partial charge in [0.2, 0.25) is 0 Å². The summed E-state index contributed by atoms with van der Waals surface area (Å²) in [7, 11) is 1.66. The summed E-state index contributed by atoms with van der Waals surface area (Å²) in [6.07, 6.45) is 3.56. The Hall–Kier alpha value is -0.760. The molecule has 0 bridgehead atoms. The molecule has 1 saturated heterocycles. The van der Waals surface area contributed by atoms with Gasteiger partial charge in [-0.2, -0.15) is 0 Å². The van der Waals surface area contributed by atoms with Crippen molar-refractivity contribution < 1.29 is 17.7 Å². The number of carbonyl (C=O) groups excluding carboxylic acids is 1. The third kappa shape index (κ3) is 2.32. The fourth-order valence-corrected chi connectivity index (χ4v) is 11.9. The van der Waals surface area contributed by atoms with E-state index in [1.165, 1.54) is 11.1 Å². The molecule has 5 atom stereocenters. The summed E-state index contributed by atoms with van der Waals surface area (Å²) >= 11 is -2.78. The van der Waals surface area contributed by atoms with Crippen LogP contribution >= 0.6 is 0 Å². The first-order chi connectivity index (χ1) is 11.5. The third-order valence-electron chi connectivity index (χ3n) is 6.47. The van der Waals surface area contributed by atoms with Crippen LogP contribution in [0.2, 0.25) is 4.47 Å². The Morgan fingerprint density at radius 1 is 1.33 bits per heavy atom. The van der Waals surface area contributed by atoms with Crippen LogP contribution in [0.3, 0.4) is 0 Å². The van der Waals surface area contributed by atoms with Gasteiger partial charge in [0, 0.05) is 0 Å². The van der Waals surface area contributed by atoms with E-state index >= 15 is 0 Å². The average molecular weight is 444 g/mol. The Morgan fingerprint density at radius 2 is 2.12 bits per heavy atom. The van der Waals surface area contributed by atoms with E-state index in [0.717, 1.165) is 31.4 Å². The van der Waals surface area contributed by atoms with E-state index in [-0.39, 0.29) is 27.5 Å². The number of ether oxygens (including phenoxy) is 1. The van der Waals surface area contributed by atoms with Crippen molar-refractivity contribution in [2.24, 2.45) is 17.8 Å². The number of carbonyl (C=O) groups is 1. The molecule has 0 amide bonds. The van der Waals surface area contributed by atoms with Crippen LogP contribution in [0, 0.1) is 17.8 Å². The molecule has 1 aromatic carbocycles. The van der Waals surface area contributed by atoms with Crippen LogP contribution in [0.15, 0.2) is 18.2 Å². The molecule has 0 unspecified atom stereocenters. The van der Waals surface area contributed by atoms with E-state index in [1.807, 2.05) is 6.07 Å². The maximum absolute atomic E-state index is 13.2. The molecule has 2 aliphatic carbocycles. The number of fused-ring (bicyclic) bond motifs is 5. The van der Waals surface area contributed by atoms with Crippen LogP contribution in [0.1, 0.15) is 41.3 Å². The zero-order chi connectivity index (χ0) is 17.1. The van der Waals surface area contributed by atoms with Gasteiger partial charge in [-0.25, -0.2) is 0 Å². The monoisotopic (exact) mass is 446 g/mol. The molecule has 0 aromatic heterocycles. The predicted octanol–water partition coefficient (Wildman–Crippen LogP) is 2.66. The topological polar surface area (TPSA) is 63.6 Å². The van der Waals surface area contributed by atoms with E-state index in [2.05, 4.69) is 12.1 Å². The van der Waals surface area contributed by atoms with Crippen LogP contribution in [0.4, 0.5) is 0 Å². The van der Waals surface area contributed by atoms with E-state index < -0.39 is 25.1 Å². The van der Waals surface area contributed by atoms with E-state index in [9.17, 15) is 13.0 Å². The maximum atomic E-state index is 13.2. The van der Waals surface area contributed by atoms with Gasteiger partial charge < -0.3 is 0 Å². The molecule has 0 spiro atoms. The third-order valence-corrected chi connectivity index (χ3v) is 11.9. The van der Waals surface area contributed by atoms with Crippen molar-refractivity contribution >= 4 is 25.3 Å². The molecule has 1 N–H and O–H groups in total. The van der Waals surface area contributed by atoms with Gasteiger partial charge >= 0.3 is 150 Å². The average Bonchev–Trinajstić information content (AvgIpc) is 2.90. The first kappa shape index (κ1) is 16.7. The molecule has 1 heterocycles. The Morgan fingerprint density at radius 3 is 2.83 bits per heavy atom. The summed E-state index contributed by atoms with van der Waals surface area (Å²) in [4.78, 5) is 12.0.